The molecule has 0 aliphatic carbocycles. The summed E-state index contributed by atoms with van der Waals surface area (Å²) < 4.78 is 11.0. The van der Waals surface area contributed by atoms with Crippen molar-refractivity contribution in [2.45, 2.75) is 25.4 Å². The number of carboxylic acids is 1. The Balaban J connectivity index is 1.65. The molecule has 2 atom stereocenters. The summed E-state index contributed by atoms with van der Waals surface area (Å²) in [5.41, 5.74) is 1.69. The molecule has 3 rings (SSSR count). The van der Waals surface area contributed by atoms with Gasteiger partial charge in [0.2, 0.25) is 5.88 Å². The van der Waals surface area contributed by atoms with Gasteiger partial charge in [0, 0.05) is 29.9 Å². The normalized spacial score (nSPS) is 17.5. The van der Waals surface area contributed by atoms with Crippen molar-refractivity contribution in [2.24, 2.45) is 0 Å². The summed E-state index contributed by atoms with van der Waals surface area (Å²) in [5.74, 6) is -1.39. The Bertz CT molecular complexity index is 785. The number of amides is 1. The van der Waals surface area contributed by atoms with Gasteiger partial charge >= 0.3 is 5.97 Å². The third kappa shape index (κ3) is 4.37. The van der Waals surface area contributed by atoms with Crippen LogP contribution in [0.1, 0.15) is 35.2 Å². The number of hydrogen-bond donors (Lipinski definition) is 2. The molecule has 1 aromatic heterocycles. The van der Waals surface area contributed by atoms with Crippen LogP contribution in [0.4, 0.5) is 5.69 Å². The summed E-state index contributed by atoms with van der Waals surface area (Å²) >= 11 is 0. The number of nitrogens with zero attached hydrogens (tertiary/aromatic N) is 1. The van der Waals surface area contributed by atoms with E-state index in [2.05, 4.69) is 10.3 Å². The highest BCUT2D eigenvalue weighted by molar-refractivity contribution is 6.04. The summed E-state index contributed by atoms with van der Waals surface area (Å²) in [6.07, 6.45) is 2.29. The van der Waals surface area contributed by atoms with Crippen LogP contribution < -0.4 is 10.1 Å². The van der Waals surface area contributed by atoms with Crippen LogP contribution in [0.5, 0.6) is 5.88 Å². The number of nitrogens with one attached hydrogen (secondary N) is 1. The van der Waals surface area contributed by atoms with E-state index in [9.17, 15) is 9.59 Å². The van der Waals surface area contributed by atoms with E-state index >= 15 is 0 Å². The van der Waals surface area contributed by atoms with Crippen LogP contribution in [0, 0.1) is 0 Å². The zero-order chi connectivity index (χ0) is 18.5. The lowest BCUT2D eigenvalue weighted by atomic mass is 10.0. The standard InChI is InChI=1S/C19H20N2O5/c1-12(19(23)24)13-2-4-15(5-3-13)21-18(22)14-6-8-20-17(10-14)26-16-7-9-25-11-16/h2-6,8,10,12,16H,7,9,11H2,1H3,(H,21,22)(H,23,24). The van der Waals surface area contributed by atoms with Gasteiger partial charge in [-0.3, -0.25) is 9.59 Å². The highest BCUT2D eigenvalue weighted by Crippen LogP contribution is 2.20. The van der Waals surface area contributed by atoms with Gasteiger partial charge in [0.05, 0.1) is 19.1 Å². The van der Waals surface area contributed by atoms with Crippen molar-refractivity contribution >= 4 is 17.6 Å². The Morgan fingerprint density at radius 2 is 2.08 bits per heavy atom. The molecule has 2 heterocycles. The van der Waals surface area contributed by atoms with Gasteiger partial charge in [0.25, 0.3) is 5.91 Å². The first-order chi connectivity index (χ1) is 12.5. The summed E-state index contributed by atoms with van der Waals surface area (Å²) in [6.45, 7) is 2.81. The van der Waals surface area contributed by atoms with E-state index in [-0.39, 0.29) is 12.0 Å². The van der Waals surface area contributed by atoms with E-state index in [1.165, 1.54) is 6.20 Å². The maximum absolute atomic E-state index is 12.4. The number of ether oxygens (including phenoxy) is 2. The number of carboxylic acid groups (broad SMARTS) is 1. The van der Waals surface area contributed by atoms with Crippen LogP contribution in [-0.2, 0) is 9.53 Å². The molecule has 0 bridgehead atoms. The summed E-state index contributed by atoms with van der Waals surface area (Å²) in [5, 5.41) is 11.8. The van der Waals surface area contributed by atoms with E-state index in [1.807, 2.05) is 0 Å². The van der Waals surface area contributed by atoms with Crippen molar-refractivity contribution in [1.29, 1.82) is 0 Å². The fourth-order valence-electron chi connectivity index (χ4n) is 2.59. The Hall–Kier alpha value is -2.93. The zero-order valence-electron chi connectivity index (χ0n) is 14.3. The number of hydrogen-bond acceptors (Lipinski definition) is 5. The Labute approximate surface area is 151 Å². The number of anilines is 1. The van der Waals surface area contributed by atoms with Crippen molar-refractivity contribution in [1.82, 2.24) is 4.98 Å². The second-order valence-corrected chi connectivity index (χ2v) is 6.12. The second-order valence-electron chi connectivity index (χ2n) is 6.12. The molecule has 136 valence electrons. The molecule has 1 aliphatic rings. The predicted molar refractivity (Wildman–Crippen MR) is 94.5 cm³/mol. The minimum Gasteiger partial charge on any atom is -0.481 e. The van der Waals surface area contributed by atoms with Gasteiger partial charge in [-0.2, -0.15) is 0 Å². The lowest BCUT2D eigenvalue weighted by molar-refractivity contribution is -0.138. The third-order valence-corrected chi connectivity index (χ3v) is 4.21. The number of rotatable bonds is 6. The Morgan fingerprint density at radius 1 is 1.31 bits per heavy atom. The molecule has 0 spiro atoms. The molecule has 26 heavy (non-hydrogen) atoms. The van der Waals surface area contributed by atoms with Gasteiger partial charge in [-0.1, -0.05) is 12.1 Å². The zero-order valence-corrected chi connectivity index (χ0v) is 14.3. The molecular formula is C19H20N2O5. The fourth-order valence-corrected chi connectivity index (χ4v) is 2.59. The summed E-state index contributed by atoms with van der Waals surface area (Å²) in [7, 11) is 0. The minimum atomic E-state index is -0.890. The quantitative estimate of drug-likeness (QED) is 0.826. The lowest BCUT2D eigenvalue weighted by Gasteiger charge is -2.12. The molecule has 2 aromatic rings. The van der Waals surface area contributed by atoms with E-state index < -0.39 is 11.9 Å². The van der Waals surface area contributed by atoms with Crippen molar-refractivity contribution in [3.8, 4) is 5.88 Å². The van der Waals surface area contributed by atoms with Crippen LogP contribution >= 0.6 is 0 Å². The summed E-state index contributed by atoms with van der Waals surface area (Å²) in [4.78, 5) is 27.6. The van der Waals surface area contributed by atoms with E-state index in [4.69, 9.17) is 14.6 Å². The number of carbonyl (C=O) groups is 2. The van der Waals surface area contributed by atoms with Crippen LogP contribution in [-0.4, -0.2) is 41.3 Å². The molecule has 0 radical (unpaired) electrons. The van der Waals surface area contributed by atoms with Crippen LogP contribution in [0.25, 0.3) is 0 Å². The molecule has 1 fully saturated rings. The van der Waals surface area contributed by atoms with Gasteiger partial charge in [-0.25, -0.2) is 4.98 Å². The topological polar surface area (TPSA) is 97.8 Å². The first-order valence-corrected chi connectivity index (χ1v) is 8.37. The molecular weight excluding hydrogens is 336 g/mol. The summed E-state index contributed by atoms with van der Waals surface area (Å²) in [6, 6.07) is 9.94. The molecule has 7 heteroatoms. The van der Waals surface area contributed by atoms with Gasteiger partial charge in [0.15, 0.2) is 0 Å². The van der Waals surface area contributed by atoms with Gasteiger partial charge in [0.1, 0.15) is 6.10 Å². The SMILES string of the molecule is CC(C(=O)O)c1ccc(NC(=O)c2ccnc(OC3CCOC3)c2)cc1. The van der Waals surface area contributed by atoms with Gasteiger partial charge < -0.3 is 19.9 Å². The molecule has 1 amide bonds. The average molecular weight is 356 g/mol. The molecule has 1 aromatic carbocycles. The Morgan fingerprint density at radius 3 is 2.73 bits per heavy atom. The van der Waals surface area contributed by atoms with E-state index in [1.54, 1.807) is 43.3 Å². The van der Waals surface area contributed by atoms with Gasteiger partial charge in [-0.05, 0) is 30.7 Å². The molecule has 7 nitrogen and oxygen atoms in total. The number of benzene rings is 1. The Kier molecular flexibility index (Phi) is 5.48. The highest BCUT2D eigenvalue weighted by atomic mass is 16.5. The van der Waals surface area contributed by atoms with Crippen LogP contribution in [0.15, 0.2) is 42.6 Å². The van der Waals surface area contributed by atoms with Crippen molar-refractivity contribution in [3.63, 3.8) is 0 Å². The molecule has 2 N–H and O–H groups in total. The van der Waals surface area contributed by atoms with Crippen molar-refractivity contribution in [2.75, 3.05) is 18.5 Å². The monoisotopic (exact) mass is 356 g/mol. The molecule has 0 saturated carbocycles. The average Bonchev–Trinajstić information content (AvgIpc) is 3.15. The van der Waals surface area contributed by atoms with Crippen molar-refractivity contribution in [3.05, 3.63) is 53.7 Å². The lowest BCUT2D eigenvalue weighted by Crippen LogP contribution is -2.17. The van der Waals surface area contributed by atoms with Crippen LogP contribution in [0.2, 0.25) is 0 Å². The third-order valence-electron chi connectivity index (χ3n) is 4.21. The predicted octanol–water partition coefficient (Wildman–Crippen LogP) is 2.69. The second kappa shape index (κ2) is 7.97. The van der Waals surface area contributed by atoms with E-state index in [0.717, 1.165) is 6.42 Å². The maximum Gasteiger partial charge on any atom is 0.310 e. The van der Waals surface area contributed by atoms with Gasteiger partial charge in [-0.15, -0.1) is 0 Å². The number of carbonyl (C=O) groups excluding carboxylic acids is 1. The molecule has 1 saturated heterocycles. The first kappa shape index (κ1) is 17.9. The molecule has 1 aliphatic heterocycles. The highest BCUT2D eigenvalue weighted by Gasteiger charge is 2.18. The number of aromatic nitrogens is 1. The number of pyridine rings is 1. The largest absolute Gasteiger partial charge is 0.481 e. The first-order valence-electron chi connectivity index (χ1n) is 8.37. The molecule has 2 unspecified atom stereocenters. The van der Waals surface area contributed by atoms with E-state index in [0.29, 0.717) is 35.9 Å². The minimum absolute atomic E-state index is 0.0374. The smallest absolute Gasteiger partial charge is 0.310 e. The van der Waals surface area contributed by atoms with Crippen molar-refractivity contribution < 1.29 is 24.2 Å². The van der Waals surface area contributed by atoms with Crippen LogP contribution in [0.3, 0.4) is 0 Å². The maximum atomic E-state index is 12.4. The number of aliphatic carboxylic acids is 1. The fraction of sp³-hybridized carbons (Fsp3) is 0.316.